The van der Waals surface area contributed by atoms with Gasteiger partial charge in [0, 0.05) is 6.54 Å². The van der Waals surface area contributed by atoms with Gasteiger partial charge in [-0.3, -0.25) is 24.6 Å². The predicted molar refractivity (Wildman–Crippen MR) is 128 cm³/mol. The third kappa shape index (κ3) is 4.85. The molecule has 176 valence electrons. The monoisotopic (exact) mass is 481 g/mol. The standard InChI is InChI=1S/C25H24FN3O4S/c26-19-10-18(12-21-24(31)27-25(32)34-21)11-20-23(19)33-15-22(30)29(20)14-17-6-4-16(5-7-17)13-28-8-2-1-3-9-28/h4-7,10-12H,1-3,8-9,13-15H2,(H,27,31,32)/b21-12-. The number of ether oxygens (including phenoxy) is 1. The first kappa shape index (κ1) is 22.6. The number of fused-ring (bicyclic) bond motifs is 1. The van der Waals surface area contributed by atoms with Gasteiger partial charge >= 0.3 is 0 Å². The fraction of sp³-hybridized carbons (Fsp3) is 0.320. The van der Waals surface area contributed by atoms with Crippen LogP contribution >= 0.6 is 11.8 Å². The van der Waals surface area contributed by atoms with Gasteiger partial charge in [-0.2, -0.15) is 0 Å². The Hall–Kier alpha value is -3.17. The summed E-state index contributed by atoms with van der Waals surface area (Å²) in [4.78, 5) is 40.1. The first-order chi connectivity index (χ1) is 16.5. The van der Waals surface area contributed by atoms with E-state index in [1.807, 2.05) is 12.1 Å². The molecule has 2 saturated heterocycles. The van der Waals surface area contributed by atoms with Crippen molar-refractivity contribution in [2.45, 2.75) is 32.4 Å². The molecule has 0 aliphatic carbocycles. The number of carbonyl (C=O) groups excluding carboxylic acids is 3. The number of hydrogen-bond acceptors (Lipinski definition) is 6. The Morgan fingerprint density at radius 2 is 1.71 bits per heavy atom. The van der Waals surface area contributed by atoms with Gasteiger partial charge in [0.25, 0.3) is 17.1 Å². The van der Waals surface area contributed by atoms with Gasteiger partial charge in [0.05, 0.1) is 17.1 Å². The number of hydrogen-bond donors (Lipinski definition) is 1. The van der Waals surface area contributed by atoms with Gasteiger partial charge < -0.3 is 9.64 Å². The normalized spacial score (nSPS) is 19.9. The fourth-order valence-electron chi connectivity index (χ4n) is 4.43. The van der Waals surface area contributed by atoms with Crippen molar-refractivity contribution in [1.29, 1.82) is 0 Å². The van der Waals surface area contributed by atoms with Crippen molar-refractivity contribution in [3.8, 4) is 5.75 Å². The summed E-state index contributed by atoms with van der Waals surface area (Å²) in [7, 11) is 0. The second-order valence-corrected chi connectivity index (χ2v) is 9.64. The zero-order valence-corrected chi connectivity index (χ0v) is 19.3. The molecular weight excluding hydrogens is 457 g/mol. The number of likely N-dealkylation sites (tertiary alicyclic amines) is 1. The Morgan fingerprint density at radius 3 is 2.38 bits per heavy atom. The number of rotatable bonds is 5. The molecule has 0 aromatic heterocycles. The predicted octanol–water partition coefficient (Wildman–Crippen LogP) is 4.06. The van der Waals surface area contributed by atoms with Gasteiger partial charge in [0.2, 0.25) is 0 Å². The Labute approximate surface area is 200 Å². The van der Waals surface area contributed by atoms with E-state index in [2.05, 4.69) is 22.3 Å². The van der Waals surface area contributed by atoms with E-state index in [4.69, 9.17) is 4.74 Å². The second kappa shape index (κ2) is 9.60. The van der Waals surface area contributed by atoms with Crippen LogP contribution in [0.3, 0.4) is 0 Å². The Bertz CT molecular complexity index is 1180. The van der Waals surface area contributed by atoms with Crippen molar-refractivity contribution in [2.75, 3.05) is 24.6 Å². The molecule has 2 fully saturated rings. The van der Waals surface area contributed by atoms with Gasteiger partial charge in [-0.1, -0.05) is 30.7 Å². The molecule has 3 aliphatic rings. The van der Waals surface area contributed by atoms with Crippen LogP contribution in [-0.4, -0.2) is 41.6 Å². The number of thioether (sulfide) groups is 1. The SMILES string of the molecule is O=C1NC(=O)/C(=C/c2cc(F)c3c(c2)N(Cc2ccc(CN4CCCCC4)cc2)C(=O)CO3)S1. The molecule has 0 unspecified atom stereocenters. The van der Waals surface area contributed by atoms with Crippen molar-refractivity contribution in [2.24, 2.45) is 0 Å². The van der Waals surface area contributed by atoms with Crippen molar-refractivity contribution >= 4 is 40.6 Å². The maximum Gasteiger partial charge on any atom is 0.290 e. The summed E-state index contributed by atoms with van der Waals surface area (Å²) in [5.74, 6) is -1.43. The average molecular weight is 482 g/mol. The van der Waals surface area contributed by atoms with Crippen LogP contribution in [0.2, 0.25) is 0 Å². The number of benzene rings is 2. The largest absolute Gasteiger partial charge is 0.478 e. The van der Waals surface area contributed by atoms with E-state index in [-0.39, 0.29) is 29.7 Å². The molecule has 3 aliphatic heterocycles. The van der Waals surface area contributed by atoms with Gasteiger partial charge in [-0.05, 0) is 72.6 Å². The lowest BCUT2D eigenvalue weighted by molar-refractivity contribution is -0.121. The van der Waals surface area contributed by atoms with Crippen LogP contribution in [0.25, 0.3) is 6.08 Å². The van der Waals surface area contributed by atoms with E-state index in [9.17, 15) is 18.8 Å². The molecule has 9 heteroatoms. The molecule has 0 saturated carbocycles. The number of nitrogens with one attached hydrogen (secondary N) is 1. The van der Waals surface area contributed by atoms with E-state index >= 15 is 0 Å². The number of halogens is 1. The Balaban J connectivity index is 1.37. The molecule has 1 N–H and O–H groups in total. The number of piperidine rings is 1. The highest BCUT2D eigenvalue weighted by Crippen LogP contribution is 2.38. The molecular formula is C25H24FN3O4S. The molecule has 2 aromatic rings. The summed E-state index contributed by atoms with van der Waals surface area (Å²) in [6.45, 7) is 3.19. The Kier molecular flexibility index (Phi) is 6.38. The molecule has 0 radical (unpaired) electrons. The van der Waals surface area contributed by atoms with Crippen molar-refractivity contribution < 1.29 is 23.5 Å². The second-order valence-electron chi connectivity index (χ2n) is 8.63. The number of imide groups is 1. The summed E-state index contributed by atoms with van der Waals surface area (Å²) in [5, 5.41) is 1.70. The third-order valence-corrected chi connectivity index (χ3v) is 6.95. The smallest absolute Gasteiger partial charge is 0.290 e. The maximum absolute atomic E-state index is 14.8. The quantitative estimate of drug-likeness (QED) is 0.649. The topological polar surface area (TPSA) is 79.0 Å². The Morgan fingerprint density at radius 1 is 1.00 bits per heavy atom. The minimum atomic E-state index is -0.631. The lowest BCUT2D eigenvalue weighted by Crippen LogP contribution is -2.38. The zero-order chi connectivity index (χ0) is 23.7. The first-order valence-electron chi connectivity index (χ1n) is 11.3. The van der Waals surface area contributed by atoms with Crippen molar-refractivity contribution in [1.82, 2.24) is 10.2 Å². The van der Waals surface area contributed by atoms with E-state index in [0.717, 1.165) is 37.0 Å². The van der Waals surface area contributed by atoms with E-state index in [1.54, 1.807) is 6.07 Å². The van der Waals surface area contributed by atoms with Crippen LogP contribution in [0.15, 0.2) is 41.3 Å². The highest BCUT2D eigenvalue weighted by molar-refractivity contribution is 8.18. The summed E-state index contributed by atoms with van der Waals surface area (Å²) in [5.41, 5.74) is 2.81. The van der Waals surface area contributed by atoms with Crippen LogP contribution in [-0.2, 0) is 22.7 Å². The minimum absolute atomic E-state index is 0.00284. The number of nitrogens with zero attached hydrogens (tertiary/aromatic N) is 2. The lowest BCUT2D eigenvalue weighted by Gasteiger charge is -2.30. The van der Waals surface area contributed by atoms with Crippen molar-refractivity contribution in [3.05, 3.63) is 63.8 Å². The summed E-state index contributed by atoms with van der Waals surface area (Å²) in [6, 6.07) is 11.0. The van der Waals surface area contributed by atoms with Gasteiger partial charge in [0.15, 0.2) is 18.2 Å². The van der Waals surface area contributed by atoms with E-state index in [0.29, 0.717) is 11.3 Å². The van der Waals surface area contributed by atoms with Gasteiger partial charge in [-0.15, -0.1) is 0 Å². The molecule has 0 spiro atoms. The first-order valence-corrected chi connectivity index (χ1v) is 12.1. The lowest BCUT2D eigenvalue weighted by atomic mass is 10.1. The van der Waals surface area contributed by atoms with Crippen LogP contribution in [0.4, 0.5) is 14.9 Å². The molecule has 0 bridgehead atoms. The maximum atomic E-state index is 14.8. The molecule has 3 amide bonds. The molecule has 0 atom stereocenters. The van der Waals surface area contributed by atoms with Crippen LogP contribution in [0.1, 0.15) is 36.0 Å². The average Bonchev–Trinajstić information content (AvgIpc) is 3.14. The van der Waals surface area contributed by atoms with E-state index < -0.39 is 17.0 Å². The highest BCUT2D eigenvalue weighted by atomic mass is 32.2. The zero-order valence-electron chi connectivity index (χ0n) is 18.5. The highest BCUT2D eigenvalue weighted by Gasteiger charge is 2.30. The molecule has 34 heavy (non-hydrogen) atoms. The summed E-state index contributed by atoms with van der Waals surface area (Å²) in [6.07, 6.45) is 5.21. The molecule has 5 rings (SSSR count). The minimum Gasteiger partial charge on any atom is -0.478 e. The number of carbonyl (C=O) groups is 3. The number of amides is 3. The van der Waals surface area contributed by atoms with Crippen molar-refractivity contribution in [3.63, 3.8) is 0 Å². The number of anilines is 1. The molecule has 2 aromatic carbocycles. The third-order valence-electron chi connectivity index (χ3n) is 6.14. The van der Waals surface area contributed by atoms with Crippen LogP contribution < -0.4 is 15.0 Å². The fourth-order valence-corrected chi connectivity index (χ4v) is 5.11. The molecule has 7 nitrogen and oxygen atoms in total. The van der Waals surface area contributed by atoms with E-state index in [1.165, 1.54) is 41.9 Å². The summed E-state index contributed by atoms with van der Waals surface area (Å²) < 4.78 is 20.2. The summed E-state index contributed by atoms with van der Waals surface area (Å²) >= 11 is 0.753. The van der Waals surface area contributed by atoms with Gasteiger partial charge in [0.1, 0.15) is 0 Å². The van der Waals surface area contributed by atoms with Crippen LogP contribution in [0, 0.1) is 5.82 Å². The molecule has 3 heterocycles. The van der Waals surface area contributed by atoms with Crippen LogP contribution in [0.5, 0.6) is 5.75 Å². The van der Waals surface area contributed by atoms with Gasteiger partial charge in [-0.25, -0.2) is 4.39 Å².